The van der Waals surface area contributed by atoms with E-state index in [1.165, 1.54) is 32.4 Å². The van der Waals surface area contributed by atoms with E-state index >= 15 is 0 Å². The van der Waals surface area contributed by atoms with E-state index in [1.54, 1.807) is 0 Å². The van der Waals surface area contributed by atoms with Crippen LogP contribution in [-0.2, 0) is 0 Å². The molecule has 0 unspecified atom stereocenters. The van der Waals surface area contributed by atoms with Crippen LogP contribution in [0.15, 0.2) is 0 Å². The Morgan fingerprint density at radius 1 is 0.800 bits per heavy atom. The summed E-state index contributed by atoms with van der Waals surface area (Å²) in [4.78, 5) is 2.39. The van der Waals surface area contributed by atoms with Gasteiger partial charge in [0.1, 0.15) is 0 Å². The van der Waals surface area contributed by atoms with Crippen LogP contribution in [0, 0.1) is 0 Å². The Bertz CT molecular complexity index is 108. The second-order valence-electron chi connectivity index (χ2n) is 4.23. The minimum atomic E-state index is 0.283. The third-order valence-corrected chi connectivity index (χ3v) is 2.65. The number of aliphatic hydroxyl groups excluding tert-OH is 2. The molecule has 0 aromatic carbocycles. The molecule has 0 saturated carbocycles. The number of nitrogens with zero attached hydrogens (tertiary/aromatic N) is 1. The Morgan fingerprint density at radius 2 is 1.27 bits per heavy atom. The summed E-state index contributed by atoms with van der Waals surface area (Å²) in [6.07, 6.45) is 8.10. The van der Waals surface area contributed by atoms with E-state index in [9.17, 15) is 0 Å². The average molecular weight is 217 g/mol. The molecule has 1 saturated heterocycles. The fraction of sp³-hybridized carbons (Fsp3) is 1.00. The highest BCUT2D eigenvalue weighted by atomic mass is 16.3. The van der Waals surface area contributed by atoms with E-state index < -0.39 is 0 Å². The van der Waals surface area contributed by atoms with Crippen molar-refractivity contribution in [3.63, 3.8) is 0 Å². The summed E-state index contributed by atoms with van der Waals surface area (Å²) in [5.41, 5.74) is 0. The lowest BCUT2D eigenvalue weighted by Crippen LogP contribution is -2.24. The molecule has 15 heavy (non-hydrogen) atoms. The van der Waals surface area contributed by atoms with E-state index in [0.717, 1.165) is 25.7 Å². The highest BCUT2D eigenvalue weighted by molar-refractivity contribution is 4.58. The molecule has 0 aromatic rings. The zero-order chi connectivity index (χ0) is 11.4. The standard InChI is InChI=1S/C6H13N.C6H14O2/c1-7-5-3-2-4-6-7;7-5-3-1-2-4-6-8/h2-6H2,1H3;7-8H,1-6H2. The molecule has 1 rings (SSSR count). The van der Waals surface area contributed by atoms with Crippen molar-refractivity contribution in [2.75, 3.05) is 33.4 Å². The zero-order valence-corrected chi connectivity index (χ0v) is 10.1. The summed E-state index contributed by atoms with van der Waals surface area (Å²) in [6.45, 7) is 3.21. The highest BCUT2D eigenvalue weighted by Crippen LogP contribution is 2.04. The second kappa shape index (κ2) is 12.0. The molecule has 1 heterocycles. The maximum atomic E-state index is 8.30. The molecule has 0 bridgehead atoms. The van der Waals surface area contributed by atoms with Crippen molar-refractivity contribution in [1.29, 1.82) is 0 Å². The number of hydrogen-bond donors (Lipinski definition) is 2. The number of likely N-dealkylation sites (tertiary alicyclic amines) is 1. The lowest BCUT2D eigenvalue weighted by atomic mass is 10.1. The molecule has 92 valence electrons. The van der Waals surface area contributed by atoms with E-state index in [-0.39, 0.29) is 13.2 Å². The van der Waals surface area contributed by atoms with Gasteiger partial charge >= 0.3 is 0 Å². The minimum absolute atomic E-state index is 0.283. The quantitative estimate of drug-likeness (QED) is 0.688. The second-order valence-corrected chi connectivity index (χ2v) is 4.23. The van der Waals surface area contributed by atoms with Gasteiger partial charge in [0, 0.05) is 13.2 Å². The van der Waals surface area contributed by atoms with E-state index in [1.807, 2.05) is 0 Å². The summed E-state index contributed by atoms with van der Waals surface area (Å²) in [5, 5.41) is 16.6. The lowest BCUT2D eigenvalue weighted by molar-refractivity contribution is 0.265. The maximum absolute atomic E-state index is 8.30. The summed E-state index contributed by atoms with van der Waals surface area (Å²) < 4.78 is 0. The molecule has 1 fully saturated rings. The van der Waals surface area contributed by atoms with Gasteiger partial charge in [-0.2, -0.15) is 0 Å². The Labute approximate surface area is 94.1 Å². The first kappa shape index (κ1) is 14.9. The Kier molecular flexibility index (Phi) is 11.9. The molecule has 0 atom stereocenters. The van der Waals surface area contributed by atoms with Crippen molar-refractivity contribution in [1.82, 2.24) is 4.90 Å². The van der Waals surface area contributed by atoms with Gasteiger partial charge in [0.25, 0.3) is 0 Å². The van der Waals surface area contributed by atoms with Crippen LogP contribution in [0.2, 0.25) is 0 Å². The van der Waals surface area contributed by atoms with Gasteiger partial charge in [-0.15, -0.1) is 0 Å². The smallest absolute Gasteiger partial charge is 0.0431 e. The first-order valence-corrected chi connectivity index (χ1v) is 6.21. The topological polar surface area (TPSA) is 43.7 Å². The third kappa shape index (κ3) is 11.8. The predicted molar refractivity (Wildman–Crippen MR) is 64.0 cm³/mol. The normalized spacial score (nSPS) is 17.0. The SMILES string of the molecule is CN1CCCCC1.OCCCCCCO. The van der Waals surface area contributed by atoms with Gasteiger partial charge in [-0.3, -0.25) is 0 Å². The Hall–Kier alpha value is -0.120. The third-order valence-electron chi connectivity index (χ3n) is 2.65. The molecule has 0 aliphatic carbocycles. The van der Waals surface area contributed by atoms with Crippen molar-refractivity contribution in [3.05, 3.63) is 0 Å². The van der Waals surface area contributed by atoms with Crippen LogP contribution in [0.25, 0.3) is 0 Å². The van der Waals surface area contributed by atoms with Crippen molar-refractivity contribution >= 4 is 0 Å². The van der Waals surface area contributed by atoms with Gasteiger partial charge in [-0.05, 0) is 45.8 Å². The number of piperidine rings is 1. The van der Waals surface area contributed by atoms with Crippen molar-refractivity contribution < 1.29 is 10.2 Å². The molecule has 0 aromatic heterocycles. The van der Waals surface area contributed by atoms with Crippen LogP contribution < -0.4 is 0 Å². The first-order chi connectivity index (χ1) is 7.31. The van der Waals surface area contributed by atoms with Crippen LogP contribution in [0.4, 0.5) is 0 Å². The summed E-state index contributed by atoms with van der Waals surface area (Å²) >= 11 is 0. The molecule has 0 amide bonds. The van der Waals surface area contributed by atoms with Gasteiger partial charge < -0.3 is 15.1 Å². The maximum Gasteiger partial charge on any atom is 0.0431 e. The van der Waals surface area contributed by atoms with Crippen LogP contribution in [0.3, 0.4) is 0 Å². The van der Waals surface area contributed by atoms with Gasteiger partial charge in [-0.25, -0.2) is 0 Å². The fourth-order valence-corrected chi connectivity index (χ4v) is 1.63. The molecule has 1 aliphatic heterocycles. The number of hydrogen-bond acceptors (Lipinski definition) is 3. The molecule has 1 aliphatic rings. The molecule has 3 nitrogen and oxygen atoms in total. The highest BCUT2D eigenvalue weighted by Gasteiger charge is 2.02. The number of unbranched alkanes of at least 4 members (excludes halogenated alkanes) is 3. The summed E-state index contributed by atoms with van der Waals surface area (Å²) in [5.74, 6) is 0. The van der Waals surface area contributed by atoms with Crippen LogP contribution >= 0.6 is 0 Å². The number of rotatable bonds is 5. The monoisotopic (exact) mass is 217 g/mol. The first-order valence-electron chi connectivity index (χ1n) is 6.21. The lowest BCUT2D eigenvalue weighted by Gasteiger charge is -2.20. The zero-order valence-electron chi connectivity index (χ0n) is 10.1. The van der Waals surface area contributed by atoms with Crippen LogP contribution in [-0.4, -0.2) is 48.5 Å². The summed E-state index contributed by atoms with van der Waals surface area (Å²) in [6, 6.07) is 0. The van der Waals surface area contributed by atoms with Crippen molar-refractivity contribution in [2.24, 2.45) is 0 Å². The van der Waals surface area contributed by atoms with Gasteiger partial charge in [0.15, 0.2) is 0 Å². The molecule has 0 radical (unpaired) electrons. The van der Waals surface area contributed by atoms with Gasteiger partial charge in [0.05, 0.1) is 0 Å². The molecule has 0 spiro atoms. The molecular weight excluding hydrogens is 190 g/mol. The Morgan fingerprint density at radius 3 is 1.53 bits per heavy atom. The molecule has 2 N–H and O–H groups in total. The molecule has 3 heteroatoms. The van der Waals surface area contributed by atoms with E-state index in [0.29, 0.717) is 0 Å². The summed E-state index contributed by atoms with van der Waals surface area (Å²) in [7, 11) is 2.19. The Balaban J connectivity index is 0.000000262. The van der Waals surface area contributed by atoms with E-state index in [4.69, 9.17) is 10.2 Å². The minimum Gasteiger partial charge on any atom is -0.396 e. The predicted octanol–water partition coefficient (Wildman–Crippen LogP) is 1.63. The van der Waals surface area contributed by atoms with Crippen LogP contribution in [0.1, 0.15) is 44.9 Å². The number of aliphatic hydroxyl groups is 2. The van der Waals surface area contributed by atoms with Gasteiger partial charge in [-0.1, -0.05) is 19.3 Å². The van der Waals surface area contributed by atoms with Crippen molar-refractivity contribution in [2.45, 2.75) is 44.9 Å². The fourth-order valence-electron chi connectivity index (χ4n) is 1.63. The average Bonchev–Trinajstić information content (AvgIpc) is 2.27. The van der Waals surface area contributed by atoms with Gasteiger partial charge in [0.2, 0.25) is 0 Å². The largest absolute Gasteiger partial charge is 0.396 e. The van der Waals surface area contributed by atoms with Crippen molar-refractivity contribution in [3.8, 4) is 0 Å². The van der Waals surface area contributed by atoms with E-state index in [2.05, 4.69) is 11.9 Å². The van der Waals surface area contributed by atoms with Crippen LogP contribution in [0.5, 0.6) is 0 Å². The molecular formula is C12H27NO2.